The van der Waals surface area contributed by atoms with E-state index >= 15 is 0 Å². The van der Waals surface area contributed by atoms with Crippen molar-refractivity contribution < 1.29 is 9.53 Å². The van der Waals surface area contributed by atoms with Crippen LogP contribution in [0.5, 0.6) is 0 Å². The molecule has 0 spiro atoms. The summed E-state index contributed by atoms with van der Waals surface area (Å²) in [5, 5.41) is 0.688. The molecule has 0 bridgehead atoms. The number of morpholine rings is 1. The molecule has 1 aromatic carbocycles. The molecule has 0 radical (unpaired) electrons. The van der Waals surface area contributed by atoms with E-state index in [-0.39, 0.29) is 5.91 Å². The van der Waals surface area contributed by atoms with Gasteiger partial charge in [0.15, 0.2) is 0 Å². The highest BCUT2D eigenvalue weighted by Gasteiger charge is 2.34. The summed E-state index contributed by atoms with van der Waals surface area (Å²) in [5.41, 5.74) is 0.463. The van der Waals surface area contributed by atoms with Crippen molar-refractivity contribution in [2.45, 2.75) is 19.3 Å². The first-order chi connectivity index (χ1) is 8.51. The standard InChI is InChI=1S/C14H18ClNO2/c1-14(2,11-3-5-12(15)6-4-11)13(17)16-7-9-18-10-8-16/h3-6H,7-10H2,1-2H3. The third-order valence-electron chi connectivity index (χ3n) is 3.40. The summed E-state index contributed by atoms with van der Waals surface area (Å²) in [5.74, 6) is 0.146. The first kappa shape index (κ1) is 13.4. The molecule has 4 heteroatoms. The highest BCUT2D eigenvalue weighted by atomic mass is 35.5. The van der Waals surface area contributed by atoms with Gasteiger partial charge < -0.3 is 9.64 Å². The Morgan fingerprint density at radius 1 is 1.22 bits per heavy atom. The van der Waals surface area contributed by atoms with Crippen LogP contribution in [-0.2, 0) is 14.9 Å². The normalized spacial score (nSPS) is 16.7. The first-order valence-electron chi connectivity index (χ1n) is 6.15. The van der Waals surface area contributed by atoms with Crippen LogP contribution in [-0.4, -0.2) is 37.1 Å². The first-order valence-corrected chi connectivity index (χ1v) is 6.53. The van der Waals surface area contributed by atoms with Gasteiger partial charge in [0.1, 0.15) is 0 Å². The highest BCUT2D eigenvalue weighted by Crippen LogP contribution is 2.27. The number of benzene rings is 1. The Bertz CT molecular complexity index is 422. The minimum atomic E-state index is -0.526. The number of carbonyl (C=O) groups is 1. The van der Waals surface area contributed by atoms with Gasteiger partial charge in [0.25, 0.3) is 0 Å². The number of halogens is 1. The number of hydrogen-bond donors (Lipinski definition) is 0. The summed E-state index contributed by atoms with van der Waals surface area (Å²) in [6, 6.07) is 7.48. The van der Waals surface area contributed by atoms with Gasteiger partial charge in [-0.15, -0.1) is 0 Å². The Balaban J connectivity index is 2.18. The van der Waals surface area contributed by atoms with Crippen molar-refractivity contribution in [3.63, 3.8) is 0 Å². The summed E-state index contributed by atoms with van der Waals surface area (Å²) in [7, 11) is 0. The summed E-state index contributed by atoms with van der Waals surface area (Å²) in [4.78, 5) is 14.4. The maximum atomic E-state index is 12.5. The molecule has 1 aliphatic rings. The van der Waals surface area contributed by atoms with Gasteiger partial charge in [0.05, 0.1) is 18.6 Å². The molecule has 1 aliphatic heterocycles. The number of amides is 1. The predicted octanol–water partition coefficient (Wildman–Crippen LogP) is 2.48. The second kappa shape index (κ2) is 5.29. The summed E-state index contributed by atoms with van der Waals surface area (Å²) < 4.78 is 5.27. The van der Waals surface area contributed by atoms with Gasteiger partial charge in [-0.3, -0.25) is 4.79 Å². The lowest BCUT2D eigenvalue weighted by atomic mass is 9.83. The minimum Gasteiger partial charge on any atom is -0.378 e. The Hall–Kier alpha value is -1.06. The van der Waals surface area contributed by atoms with Crippen LogP contribution in [0.4, 0.5) is 0 Å². The average Bonchev–Trinajstić information content (AvgIpc) is 2.39. The van der Waals surface area contributed by atoms with Gasteiger partial charge in [-0.05, 0) is 31.5 Å². The fraction of sp³-hybridized carbons (Fsp3) is 0.500. The van der Waals surface area contributed by atoms with Crippen LogP contribution < -0.4 is 0 Å². The highest BCUT2D eigenvalue weighted by molar-refractivity contribution is 6.30. The van der Waals surface area contributed by atoms with Gasteiger partial charge in [-0.25, -0.2) is 0 Å². The molecular formula is C14H18ClNO2. The zero-order valence-corrected chi connectivity index (χ0v) is 11.5. The second-order valence-electron chi connectivity index (χ2n) is 5.04. The van der Waals surface area contributed by atoms with E-state index in [0.29, 0.717) is 31.3 Å². The largest absolute Gasteiger partial charge is 0.378 e. The Kier molecular flexibility index (Phi) is 3.93. The molecule has 2 rings (SSSR count). The number of ether oxygens (including phenoxy) is 1. The molecule has 1 fully saturated rings. The van der Waals surface area contributed by atoms with E-state index in [0.717, 1.165) is 5.56 Å². The lowest BCUT2D eigenvalue weighted by Gasteiger charge is -2.34. The van der Waals surface area contributed by atoms with Crippen molar-refractivity contribution >= 4 is 17.5 Å². The molecular weight excluding hydrogens is 250 g/mol. The Morgan fingerprint density at radius 2 is 1.78 bits per heavy atom. The lowest BCUT2D eigenvalue weighted by Crippen LogP contribution is -2.48. The van der Waals surface area contributed by atoms with Crippen molar-refractivity contribution in [1.29, 1.82) is 0 Å². The molecule has 0 aromatic heterocycles. The molecule has 18 heavy (non-hydrogen) atoms. The van der Waals surface area contributed by atoms with E-state index in [1.807, 2.05) is 43.0 Å². The van der Waals surface area contributed by atoms with E-state index in [1.165, 1.54) is 0 Å². The van der Waals surface area contributed by atoms with E-state index < -0.39 is 5.41 Å². The van der Waals surface area contributed by atoms with Crippen molar-refractivity contribution in [2.24, 2.45) is 0 Å². The summed E-state index contributed by atoms with van der Waals surface area (Å²) in [6.07, 6.45) is 0. The molecule has 0 aliphatic carbocycles. The van der Waals surface area contributed by atoms with Gasteiger partial charge in [0.2, 0.25) is 5.91 Å². The molecule has 1 amide bonds. The van der Waals surface area contributed by atoms with E-state index in [1.54, 1.807) is 0 Å². The number of carbonyl (C=O) groups excluding carboxylic acids is 1. The fourth-order valence-electron chi connectivity index (χ4n) is 2.15. The summed E-state index contributed by atoms with van der Waals surface area (Å²) >= 11 is 5.88. The number of rotatable bonds is 2. The SMILES string of the molecule is CC(C)(C(=O)N1CCOCC1)c1ccc(Cl)cc1. The Morgan fingerprint density at radius 3 is 2.33 bits per heavy atom. The third-order valence-corrected chi connectivity index (χ3v) is 3.65. The number of hydrogen-bond acceptors (Lipinski definition) is 2. The fourth-order valence-corrected chi connectivity index (χ4v) is 2.28. The number of nitrogens with zero attached hydrogens (tertiary/aromatic N) is 1. The molecule has 98 valence electrons. The van der Waals surface area contributed by atoms with E-state index in [9.17, 15) is 4.79 Å². The van der Waals surface area contributed by atoms with Crippen LogP contribution in [0.25, 0.3) is 0 Å². The van der Waals surface area contributed by atoms with Crippen LogP contribution in [0.2, 0.25) is 5.02 Å². The van der Waals surface area contributed by atoms with Crippen molar-refractivity contribution in [2.75, 3.05) is 26.3 Å². The maximum absolute atomic E-state index is 12.5. The molecule has 1 heterocycles. The molecule has 0 unspecified atom stereocenters. The van der Waals surface area contributed by atoms with Gasteiger partial charge in [-0.2, -0.15) is 0 Å². The minimum absolute atomic E-state index is 0.146. The molecule has 0 N–H and O–H groups in total. The molecule has 0 atom stereocenters. The van der Waals surface area contributed by atoms with Gasteiger partial charge in [-0.1, -0.05) is 23.7 Å². The second-order valence-corrected chi connectivity index (χ2v) is 5.47. The third kappa shape index (κ3) is 2.68. The maximum Gasteiger partial charge on any atom is 0.232 e. The zero-order chi connectivity index (χ0) is 13.2. The van der Waals surface area contributed by atoms with E-state index in [2.05, 4.69) is 0 Å². The molecule has 0 saturated carbocycles. The molecule has 1 aromatic rings. The van der Waals surface area contributed by atoms with Crippen molar-refractivity contribution in [3.05, 3.63) is 34.9 Å². The summed E-state index contributed by atoms with van der Waals surface area (Å²) in [6.45, 7) is 6.51. The van der Waals surface area contributed by atoms with Crippen LogP contribution >= 0.6 is 11.6 Å². The van der Waals surface area contributed by atoms with Crippen LogP contribution in [0.3, 0.4) is 0 Å². The van der Waals surface area contributed by atoms with Crippen molar-refractivity contribution in [1.82, 2.24) is 4.90 Å². The monoisotopic (exact) mass is 267 g/mol. The van der Waals surface area contributed by atoms with Crippen LogP contribution in [0, 0.1) is 0 Å². The average molecular weight is 268 g/mol. The quantitative estimate of drug-likeness (QED) is 0.824. The lowest BCUT2D eigenvalue weighted by molar-refractivity contribution is -0.140. The Labute approximate surface area is 113 Å². The van der Waals surface area contributed by atoms with Crippen molar-refractivity contribution in [3.8, 4) is 0 Å². The van der Waals surface area contributed by atoms with Gasteiger partial charge >= 0.3 is 0 Å². The van der Waals surface area contributed by atoms with E-state index in [4.69, 9.17) is 16.3 Å². The smallest absolute Gasteiger partial charge is 0.232 e. The predicted molar refractivity (Wildman–Crippen MR) is 71.9 cm³/mol. The van der Waals surface area contributed by atoms with Gasteiger partial charge in [0, 0.05) is 18.1 Å². The molecule has 1 saturated heterocycles. The zero-order valence-electron chi connectivity index (χ0n) is 10.8. The van der Waals surface area contributed by atoms with Crippen LogP contribution in [0.15, 0.2) is 24.3 Å². The molecule has 3 nitrogen and oxygen atoms in total. The van der Waals surface area contributed by atoms with Crippen LogP contribution in [0.1, 0.15) is 19.4 Å². The topological polar surface area (TPSA) is 29.5 Å².